The van der Waals surface area contributed by atoms with E-state index in [1.165, 1.54) is 19.3 Å². The Kier molecular flexibility index (Phi) is 8.65. The number of carbonyl (C=O) groups excluding carboxylic acids is 2. The van der Waals surface area contributed by atoms with Crippen molar-refractivity contribution in [2.45, 2.75) is 95.8 Å². The summed E-state index contributed by atoms with van der Waals surface area (Å²) in [5.41, 5.74) is -1.10. The second-order valence-corrected chi connectivity index (χ2v) is 14.7. The van der Waals surface area contributed by atoms with Gasteiger partial charge in [0.25, 0.3) is 0 Å². The number of fused-ring (bicyclic) bond motifs is 5. The third-order valence-electron chi connectivity index (χ3n) is 12.8. The number of aliphatic hydroxyl groups is 1. The van der Waals surface area contributed by atoms with Crippen molar-refractivity contribution in [2.75, 3.05) is 46.5 Å². The number of carbonyl (C=O) groups is 2. The fourth-order valence-electron chi connectivity index (χ4n) is 10.4. The van der Waals surface area contributed by atoms with Crippen LogP contribution in [0.3, 0.4) is 0 Å². The van der Waals surface area contributed by atoms with Crippen LogP contribution in [0.15, 0.2) is 27.6 Å². The van der Waals surface area contributed by atoms with E-state index in [1.54, 1.807) is 6.07 Å². The van der Waals surface area contributed by atoms with Crippen molar-refractivity contribution in [3.05, 3.63) is 34.4 Å². The van der Waals surface area contributed by atoms with Gasteiger partial charge >= 0.3 is 17.7 Å². The van der Waals surface area contributed by atoms with E-state index in [-0.39, 0.29) is 35.4 Å². The standard InChI is InChI=1S/C34H50N2O8/c1-22(37)44-28-20-34(40)27-7-6-24-19-25(35(4)31(39)42-18-15-36-13-16-41-17-14-36)9-11-32(24,2)26(27)10-12-33(34,3)30(28)23-5-8-29(38)43-21-23/h5,8,21,24-28,30,40H,6-7,9-20H2,1-4H3. The number of hydrogen-bond donors (Lipinski definition) is 1. The van der Waals surface area contributed by atoms with Crippen LogP contribution >= 0.6 is 0 Å². The Morgan fingerprint density at radius 3 is 2.57 bits per heavy atom. The predicted molar refractivity (Wildman–Crippen MR) is 162 cm³/mol. The Balaban J connectivity index is 1.15. The van der Waals surface area contributed by atoms with Gasteiger partial charge in [0, 0.05) is 63.5 Å². The number of nitrogens with zero attached hydrogens (tertiary/aromatic N) is 2. The Morgan fingerprint density at radius 2 is 1.86 bits per heavy atom. The van der Waals surface area contributed by atoms with Gasteiger partial charge in [-0.2, -0.15) is 0 Å². The molecule has 0 radical (unpaired) electrons. The maximum atomic E-state index is 13.0. The van der Waals surface area contributed by atoms with E-state index in [1.807, 2.05) is 11.9 Å². The van der Waals surface area contributed by atoms with E-state index in [4.69, 9.17) is 18.6 Å². The van der Waals surface area contributed by atoms with Gasteiger partial charge in [-0.15, -0.1) is 0 Å². The number of amides is 1. The molecular formula is C34H50N2O8. The van der Waals surface area contributed by atoms with Gasteiger partial charge in [-0.25, -0.2) is 9.59 Å². The summed E-state index contributed by atoms with van der Waals surface area (Å²) < 4.78 is 22.2. The highest BCUT2D eigenvalue weighted by molar-refractivity contribution is 5.67. The first-order valence-electron chi connectivity index (χ1n) is 16.6. The van der Waals surface area contributed by atoms with Gasteiger partial charge in [-0.3, -0.25) is 9.69 Å². The molecule has 1 aliphatic heterocycles. The summed E-state index contributed by atoms with van der Waals surface area (Å²) in [6, 6.07) is 3.32. The van der Waals surface area contributed by atoms with Crippen LogP contribution in [-0.2, 0) is 19.0 Å². The molecule has 44 heavy (non-hydrogen) atoms. The largest absolute Gasteiger partial charge is 0.462 e. The first-order valence-corrected chi connectivity index (χ1v) is 16.6. The molecular weight excluding hydrogens is 564 g/mol. The molecule has 0 aromatic carbocycles. The predicted octanol–water partition coefficient (Wildman–Crippen LogP) is 4.19. The van der Waals surface area contributed by atoms with Crippen molar-refractivity contribution in [3.63, 3.8) is 0 Å². The van der Waals surface area contributed by atoms with Crippen LogP contribution in [0.1, 0.15) is 83.6 Å². The number of hydrogen-bond acceptors (Lipinski definition) is 9. The second-order valence-electron chi connectivity index (χ2n) is 14.7. The average molecular weight is 615 g/mol. The van der Waals surface area contributed by atoms with Crippen LogP contribution in [0.5, 0.6) is 0 Å². The molecule has 1 amide bonds. The maximum Gasteiger partial charge on any atom is 0.409 e. The molecule has 1 aromatic rings. The molecule has 1 saturated heterocycles. The number of rotatable bonds is 6. The van der Waals surface area contributed by atoms with Crippen LogP contribution < -0.4 is 5.63 Å². The molecule has 5 fully saturated rings. The second kappa shape index (κ2) is 12.1. The number of esters is 1. The van der Waals surface area contributed by atoms with E-state index in [9.17, 15) is 19.5 Å². The molecule has 2 heterocycles. The minimum atomic E-state index is -1.01. The van der Waals surface area contributed by atoms with Crippen molar-refractivity contribution in [1.82, 2.24) is 9.80 Å². The van der Waals surface area contributed by atoms with E-state index in [0.29, 0.717) is 24.9 Å². The zero-order chi connectivity index (χ0) is 31.3. The lowest BCUT2D eigenvalue weighted by atomic mass is 9.43. The van der Waals surface area contributed by atoms with E-state index >= 15 is 0 Å². The Hall–Kier alpha value is -2.43. The van der Waals surface area contributed by atoms with Crippen molar-refractivity contribution < 1.29 is 33.3 Å². The van der Waals surface area contributed by atoms with Gasteiger partial charge in [0.15, 0.2) is 0 Å². The van der Waals surface area contributed by atoms with Crippen LogP contribution in [-0.4, -0.2) is 91.2 Å². The summed E-state index contributed by atoms with van der Waals surface area (Å²) in [5, 5.41) is 12.8. The first-order chi connectivity index (χ1) is 21.0. The zero-order valence-electron chi connectivity index (χ0n) is 26.8. The highest BCUT2D eigenvalue weighted by Crippen LogP contribution is 2.71. The maximum absolute atomic E-state index is 13.0. The van der Waals surface area contributed by atoms with Crippen molar-refractivity contribution >= 4 is 12.1 Å². The Morgan fingerprint density at radius 1 is 1.09 bits per heavy atom. The van der Waals surface area contributed by atoms with Crippen molar-refractivity contribution in [2.24, 2.45) is 28.6 Å². The van der Waals surface area contributed by atoms with Gasteiger partial charge < -0.3 is 28.6 Å². The lowest BCUT2D eigenvalue weighted by Gasteiger charge is -2.63. The summed E-state index contributed by atoms with van der Waals surface area (Å²) in [6.45, 7) is 10.3. The lowest BCUT2D eigenvalue weighted by molar-refractivity contribution is -0.203. The summed E-state index contributed by atoms with van der Waals surface area (Å²) >= 11 is 0. The van der Waals surface area contributed by atoms with E-state index in [2.05, 4.69) is 18.7 Å². The van der Waals surface area contributed by atoms with Gasteiger partial charge in [0.1, 0.15) is 12.7 Å². The minimum absolute atomic E-state index is 0.0616. The molecule has 0 spiro atoms. The normalized spacial score (nSPS) is 40.3. The Bertz CT molecular complexity index is 1260. The summed E-state index contributed by atoms with van der Waals surface area (Å²) in [7, 11) is 1.88. The number of morpholine rings is 1. The fourth-order valence-corrected chi connectivity index (χ4v) is 10.4. The van der Waals surface area contributed by atoms with Gasteiger partial charge in [0.05, 0.1) is 25.1 Å². The third kappa shape index (κ3) is 5.38. The van der Waals surface area contributed by atoms with Crippen molar-refractivity contribution in [1.29, 1.82) is 0 Å². The van der Waals surface area contributed by atoms with Crippen LogP contribution in [0.25, 0.3) is 0 Å². The molecule has 6 rings (SSSR count). The van der Waals surface area contributed by atoms with Crippen LogP contribution in [0, 0.1) is 28.6 Å². The van der Waals surface area contributed by atoms with Crippen LogP contribution in [0.4, 0.5) is 4.79 Å². The fraction of sp³-hybridized carbons (Fsp3) is 0.794. The molecule has 9 atom stereocenters. The molecule has 10 nitrogen and oxygen atoms in total. The Labute approximate surface area is 260 Å². The summed E-state index contributed by atoms with van der Waals surface area (Å²) in [4.78, 5) is 41.0. The molecule has 9 unspecified atom stereocenters. The molecule has 244 valence electrons. The number of ether oxygens (including phenoxy) is 3. The quantitative estimate of drug-likeness (QED) is 0.471. The monoisotopic (exact) mass is 614 g/mol. The zero-order valence-corrected chi connectivity index (χ0v) is 26.8. The lowest BCUT2D eigenvalue weighted by Crippen LogP contribution is -2.62. The van der Waals surface area contributed by atoms with Gasteiger partial charge in [-0.05, 0) is 79.7 Å². The molecule has 10 heteroatoms. The van der Waals surface area contributed by atoms with E-state index < -0.39 is 22.7 Å². The smallest absolute Gasteiger partial charge is 0.409 e. The highest BCUT2D eigenvalue weighted by Gasteiger charge is 2.70. The van der Waals surface area contributed by atoms with Crippen molar-refractivity contribution in [3.8, 4) is 0 Å². The summed E-state index contributed by atoms with van der Waals surface area (Å²) in [5.74, 6) is 0.268. The molecule has 0 bridgehead atoms. The SMILES string of the molecule is CC(=O)OC1CC2(O)C3CCC4CC(N(C)C(=O)OCCN5CCOCC5)CCC4(C)C3CCC2(C)C1c1ccc(=O)oc1. The van der Waals surface area contributed by atoms with Gasteiger partial charge in [0.2, 0.25) is 0 Å². The molecule has 1 aromatic heterocycles. The molecule has 4 aliphatic carbocycles. The molecule has 4 saturated carbocycles. The highest BCUT2D eigenvalue weighted by atomic mass is 16.6. The van der Waals surface area contributed by atoms with Crippen LogP contribution in [0.2, 0.25) is 0 Å². The molecule has 5 aliphatic rings. The average Bonchev–Trinajstić information content (AvgIpc) is 3.23. The summed E-state index contributed by atoms with van der Waals surface area (Å²) in [6.07, 6.45) is 7.69. The van der Waals surface area contributed by atoms with Gasteiger partial charge in [-0.1, -0.05) is 13.8 Å². The third-order valence-corrected chi connectivity index (χ3v) is 12.8. The molecule has 1 N–H and O–H groups in total. The van der Waals surface area contributed by atoms with E-state index in [0.717, 1.165) is 83.4 Å². The minimum Gasteiger partial charge on any atom is -0.462 e. The topological polar surface area (TPSA) is 119 Å². The first kappa shape index (κ1) is 31.5.